The average molecular weight is 352 g/mol. The van der Waals surface area contributed by atoms with Gasteiger partial charge in [0.1, 0.15) is 0 Å². The molecule has 0 aromatic heterocycles. The highest BCUT2D eigenvalue weighted by molar-refractivity contribution is 5.88. The summed E-state index contributed by atoms with van der Waals surface area (Å²) < 4.78 is 5.14. The molecule has 0 aliphatic carbocycles. The van der Waals surface area contributed by atoms with Gasteiger partial charge in [0.25, 0.3) is 0 Å². The van der Waals surface area contributed by atoms with Gasteiger partial charge in [-0.05, 0) is 25.0 Å². The Morgan fingerprint density at radius 1 is 1.04 bits per heavy atom. The number of ether oxygens (including phenoxy) is 1. The van der Waals surface area contributed by atoms with E-state index in [0.29, 0.717) is 18.8 Å². The number of hydrogen-bond donors (Lipinski definition) is 2. The van der Waals surface area contributed by atoms with Crippen LogP contribution in [0.5, 0.6) is 0 Å². The Kier molecular flexibility index (Phi) is 7.43. The maximum atomic E-state index is 12.3. The van der Waals surface area contributed by atoms with Gasteiger partial charge in [0.05, 0.1) is 6.61 Å². The maximum absolute atomic E-state index is 12.3. The van der Waals surface area contributed by atoms with Gasteiger partial charge in [-0.25, -0.2) is 4.79 Å². The molecule has 2 rings (SSSR count). The number of amides is 1. The first kappa shape index (κ1) is 19.2. The first-order valence-electron chi connectivity index (χ1n) is 8.58. The van der Waals surface area contributed by atoms with E-state index in [1.807, 2.05) is 60.7 Å². The van der Waals surface area contributed by atoms with Gasteiger partial charge >= 0.3 is 5.97 Å². The number of allylic oxidation sites excluding steroid dienone is 1. The van der Waals surface area contributed by atoms with Crippen molar-refractivity contribution < 1.29 is 14.3 Å². The van der Waals surface area contributed by atoms with Gasteiger partial charge in [-0.15, -0.1) is 0 Å². The normalized spacial score (nSPS) is 12.2. The van der Waals surface area contributed by atoms with Crippen molar-refractivity contribution in [2.45, 2.75) is 26.4 Å². The first-order chi connectivity index (χ1) is 12.6. The molecule has 0 fully saturated rings. The maximum Gasteiger partial charge on any atom is 0.333 e. The van der Waals surface area contributed by atoms with Crippen LogP contribution in [0.15, 0.2) is 72.4 Å². The second kappa shape index (κ2) is 10.0. The van der Waals surface area contributed by atoms with Gasteiger partial charge in [0.15, 0.2) is 6.04 Å². The lowest BCUT2D eigenvalue weighted by atomic mass is 10.1. The molecule has 1 amide bonds. The molecule has 0 aliphatic rings. The van der Waals surface area contributed by atoms with Gasteiger partial charge in [0, 0.05) is 18.3 Å². The molecular formula is C21H24N2O3. The molecule has 0 saturated heterocycles. The smallest absolute Gasteiger partial charge is 0.333 e. The summed E-state index contributed by atoms with van der Waals surface area (Å²) in [4.78, 5) is 24.4. The quantitative estimate of drug-likeness (QED) is 0.566. The Morgan fingerprint density at radius 2 is 1.65 bits per heavy atom. The monoisotopic (exact) mass is 352 g/mol. The molecule has 26 heavy (non-hydrogen) atoms. The van der Waals surface area contributed by atoms with Crippen molar-refractivity contribution in [1.29, 1.82) is 0 Å². The van der Waals surface area contributed by atoms with E-state index >= 15 is 0 Å². The zero-order chi connectivity index (χ0) is 18.8. The van der Waals surface area contributed by atoms with Crippen LogP contribution in [0.1, 0.15) is 31.0 Å². The van der Waals surface area contributed by atoms with Crippen molar-refractivity contribution in [3.05, 3.63) is 83.6 Å². The van der Waals surface area contributed by atoms with Crippen LogP contribution in [0.3, 0.4) is 0 Å². The third-order valence-electron chi connectivity index (χ3n) is 3.68. The van der Waals surface area contributed by atoms with E-state index in [2.05, 4.69) is 10.6 Å². The van der Waals surface area contributed by atoms with Crippen LogP contribution >= 0.6 is 0 Å². The Balaban J connectivity index is 2.00. The van der Waals surface area contributed by atoms with Crippen LogP contribution in [0.2, 0.25) is 0 Å². The van der Waals surface area contributed by atoms with Crippen molar-refractivity contribution in [2.24, 2.45) is 0 Å². The Bertz CT molecular complexity index is 742. The number of carbonyl (C=O) groups is 2. The van der Waals surface area contributed by atoms with Crippen molar-refractivity contribution >= 4 is 11.9 Å². The predicted octanol–water partition coefficient (Wildman–Crippen LogP) is 3.10. The van der Waals surface area contributed by atoms with E-state index in [9.17, 15) is 9.59 Å². The van der Waals surface area contributed by atoms with E-state index in [-0.39, 0.29) is 11.9 Å². The minimum absolute atomic E-state index is 0.227. The Morgan fingerprint density at radius 3 is 2.27 bits per heavy atom. The summed E-state index contributed by atoms with van der Waals surface area (Å²) >= 11 is 0. The van der Waals surface area contributed by atoms with Gasteiger partial charge in [0.2, 0.25) is 5.91 Å². The fourth-order valence-electron chi connectivity index (χ4n) is 2.45. The summed E-state index contributed by atoms with van der Waals surface area (Å²) in [5.74, 6) is -0.606. The summed E-state index contributed by atoms with van der Waals surface area (Å²) in [6.07, 6.45) is 1.44. The SMILES string of the molecule is CCOC(=O)[C@H](N/C(C)=C\C(=O)NCc1ccccc1)c1ccccc1. The van der Waals surface area contributed by atoms with E-state index < -0.39 is 6.04 Å². The molecule has 136 valence electrons. The number of hydrogen-bond acceptors (Lipinski definition) is 4. The lowest BCUT2D eigenvalue weighted by Gasteiger charge is -2.19. The highest BCUT2D eigenvalue weighted by atomic mass is 16.5. The molecule has 5 nitrogen and oxygen atoms in total. The molecule has 0 heterocycles. The molecule has 2 N–H and O–H groups in total. The molecule has 2 aromatic carbocycles. The number of nitrogens with one attached hydrogen (secondary N) is 2. The first-order valence-corrected chi connectivity index (χ1v) is 8.58. The molecule has 0 aliphatic heterocycles. The van der Waals surface area contributed by atoms with Crippen molar-refractivity contribution in [3.8, 4) is 0 Å². The van der Waals surface area contributed by atoms with E-state index in [1.165, 1.54) is 6.08 Å². The summed E-state index contributed by atoms with van der Waals surface area (Å²) in [6, 6.07) is 18.3. The van der Waals surface area contributed by atoms with E-state index in [1.54, 1.807) is 13.8 Å². The summed E-state index contributed by atoms with van der Waals surface area (Å²) in [5, 5.41) is 5.90. The molecule has 0 unspecified atom stereocenters. The van der Waals surface area contributed by atoms with Crippen molar-refractivity contribution in [1.82, 2.24) is 10.6 Å². The average Bonchev–Trinajstić information content (AvgIpc) is 2.66. The van der Waals surface area contributed by atoms with Gasteiger partial charge < -0.3 is 15.4 Å². The number of carbonyl (C=O) groups excluding carboxylic acids is 2. The Hall–Kier alpha value is -3.08. The largest absolute Gasteiger partial charge is 0.464 e. The van der Waals surface area contributed by atoms with Crippen LogP contribution in [0.4, 0.5) is 0 Å². The fourth-order valence-corrected chi connectivity index (χ4v) is 2.45. The van der Waals surface area contributed by atoms with Crippen molar-refractivity contribution in [2.75, 3.05) is 6.61 Å². The topological polar surface area (TPSA) is 67.4 Å². The Labute approximate surface area is 154 Å². The van der Waals surface area contributed by atoms with Crippen LogP contribution in [-0.2, 0) is 20.9 Å². The van der Waals surface area contributed by atoms with Gasteiger partial charge in [-0.1, -0.05) is 60.7 Å². The lowest BCUT2D eigenvalue weighted by Crippen LogP contribution is -2.30. The summed E-state index contributed by atoms with van der Waals surface area (Å²) in [6.45, 7) is 4.25. The molecule has 5 heteroatoms. The summed E-state index contributed by atoms with van der Waals surface area (Å²) in [5.41, 5.74) is 2.38. The molecular weight excluding hydrogens is 328 g/mol. The third-order valence-corrected chi connectivity index (χ3v) is 3.68. The molecule has 0 radical (unpaired) electrons. The van der Waals surface area contributed by atoms with E-state index in [0.717, 1.165) is 11.1 Å². The van der Waals surface area contributed by atoms with Gasteiger partial charge in [-0.3, -0.25) is 4.79 Å². The standard InChI is InChI=1S/C21H24N2O3/c1-3-26-21(25)20(18-12-8-5-9-13-18)23-16(2)14-19(24)22-15-17-10-6-4-7-11-17/h4-14,20,23H,3,15H2,1-2H3,(H,22,24)/b16-14-/t20-/m1/s1. The van der Waals surface area contributed by atoms with Crippen LogP contribution < -0.4 is 10.6 Å². The van der Waals surface area contributed by atoms with E-state index in [4.69, 9.17) is 4.74 Å². The van der Waals surface area contributed by atoms with Crippen LogP contribution in [-0.4, -0.2) is 18.5 Å². The van der Waals surface area contributed by atoms with Gasteiger partial charge in [-0.2, -0.15) is 0 Å². The number of rotatable bonds is 8. The molecule has 0 spiro atoms. The minimum atomic E-state index is -0.658. The highest BCUT2D eigenvalue weighted by Crippen LogP contribution is 2.16. The lowest BCUT2D eigenvalue weighted by molar-refractivity contribution is -0.145. The third kappa shape index (κ3) is 6.09. The van der Waals surface area contributed by atoms with Crippen LogP contribution in [0, 0.1) is 0 Å². The zero-order valence-corrected chi connectivity index (χ0v) is 15.1. The van der Waals surface area contributed by atoms with Crippen molar-refractivity contribution in [3.63, 3.8) is 0 Å². The minimum Gasteiger partial charge on any atom is -0.464 e. The predicted molar refractivity (Wildman–Crippen MR) is 101 cm³/mol. The second-order valence-corrected chi connectivity index (χ2v) is 5.77. The van der Waals surface area contributed by atoms with Crippen LogP contribution in [0.25, 0.3) is 0 Å². The molecule has 1 atom stereocenters. The highest BCUT2D eigenvalue weighted by Gasteiger charge is 2.21. The second-order valence-electron chi connectivity index (χ2n) is 5.77. The molecule has 2 aromatic rings. The fraction of sp³-hybridized carbons (Fsp3) is 0.238. The summed E-state index contributed by atoms with van der Waals surface area (Å²) in [7, 11) is 0. The zero-order valence-electron chi connectivity index (χ0n) is 15.1. The molecule has 0 bridgehead atoms. The number of esters is 1. The molecule has 0 saturated carbocycles. The number of benzene rings is 2.